The van der Waals surface area contributed by atoms with Crippen LogP contribution in [0.2, 0.25) is 5.02 Å². The molecule has 1 aliphatic rings. The average molecular weight is 422 g/mol. The zero-order valence-electron chi connectivity index (χ0n) is 15.4. The van der Waals surface area contributed by atoms with E-state index >= 15 is 0 Å². The molecule has 4 N–H and O–H groups in total. The van der Waals surface area contributed by atoms with Crippen LogP contribution < -0.4 is 16.4 Å². The lowest BCUT2D eigenvalue weighted by Gasteiger charge is -2.20. The van der Waals surface area contributed by atoms with E-state index in [1.807, 2.05) is 30.3 Å². The summed E-state index contributed by atoms with van der Waals surface area (Å²) in [5.41, 5.74) is 7.50. The molecule has 2 atom stereocenters. The number of nitrogens with one attached hydrogen (secondary N) is 2. The molecule has 1 aliphatic carbocycles. The smallest absolute Gasteiger partial charge is 0.251 e. The Morgan fingerprint density at radius 1 is 1.07 bits per heavy atom. The molecular weight excluding hydrogens is 397 g/mol. The predicted molar refractivity (Wildman–Crippen MR) is 114 cm³/mol. The first-order chi connectivity index (χ1) is 13.0. The van der Waals surface area contributed by atoms with Gasteiger partial charge in [0.15, 0.2) is 0 Å². The van der Waals surface area contributed by atoms with E-state index < -0.39 is 6.04 Å². The molecule has 2 unspecified atom stereocenters. The number of hydrogen-bond donors (Lipinski definition) is 3. The van der Waals surface area contributed by atoms with E-state index in [9.17, 15) is 9.59 Å². The van der Waals surface area contributed by atoms with E-state index in [-0.39, 0.29) is 30.3 Å². The average Bonchev–Trinajstić information content (AvgIpc) is 3.52. The fraction of sp³-hybridized carbons (Fsp3) is 0.333. The summed E-state index contributed by atoms with van der Waals surface area (Å²) < 4.78 is 0. The van der Waals surface area contributed by atoms with Crippen molar-refractivity contribution in [1.82, 2.24) is 10.6 Å². The lowest BCUT2D eigenvalue weighted by atomic mass is 10.0. The van der Waals surface area contributed by atoms with Crippen LogP contribution >= 0.6 is 24.0 Å². The molecule has 3 rings (SSSR count). The maximum Gasteiger partial charge on any atom is 0.251 e. The normalized spacial score (nSPS) is 15.1. The van der Waals surface area contributed by atoms with E-state index in [4.69, 9.17) is 17.3 Å². The van der Waals surface area contributed by atoms with Crippen LogP contribution in [0.5, 0.6) is 0 Å². The van der Waals surface area contributed by atoms with Gasteiger partial charge >= 0.3 is 0 Å². The van der Waals surface area contributed by atoms with Crippen molar-refractivity contribution in [3.63, 3.8) is 0 Å². The fourth-order valence-electron chi connectivity index (χ4n) is 2.93. The number of carbonyl (C=O) groups is 2. The highest BCUT2D eigenvalue weighted by Gasteiger charge is 2.29. The summed E-state index contributed by atoms with van der Waals surface area (Å²) in [6, 6.07) is 15.5. The third-order valence-electron chi connectivity index (χ3n) is 4.75. The number of hydrogen-bond acceptors (Lipinski definition) is 3. The second-order valence-electron chi connectivity index (χ2n) is 6.97. The molecule has 0 radical (unpaired) electrons. The molecule has 0 heterocycles. The van der Waals surface area contributed by atoms with Crippen LogP contribution in [0.3, 0.4) is 0 Å². The number of amides is 2. The summed E-state index contributed by atoms with van der Waals surface area (Å²) >= 11 is 5.87. The second kappa shape index (κ2) is 10.5. The Morgan fingerprint density at radius 2 is 1.71 bits per heavy atom. The van der Waals surface area contributed by atoms with Crippen molar-refractivity contribution >= 4 is 35.8 Å². The summed E-state index contributed by atoms with van der Waals surface area (Å²) in [7, 11) is 0. The maximum atomic E-state index is 12.7. The highest BCUT2D eigenvalue weighted by Crippen LogP contribution is 2.31. The van der Waals surface area contributed by atoms with Gasteiger partial charge in [-0.15, -0.1) is 12.4 Å². The molecule has 28 heavy (non-hydrogen) atoms. The van der Waals surface area contributed by atoms with Gasteiger partial charge in [0.05, 0.1) is 0 Å². The van der Waals surface area contributed by atoms with Gasteiger partial charge in [-0.1, -0.05) is 41.9 Å². The monoisotopic (exact) mass is 421 g/mol. The molecule has 0 spiro atoms. The molecule has 0 aliphatic heterocycles. The Bertz CT molecular complexity index is 780. The van der Waals surface area contributed by atoms with Crippen molar-refractivity contribution in [2.24, 2.45) is 11.7 Å². The molecule has 1 fully saturated rings. The first-order valence-corrected chi connectivity index (χ1v) is 9.54. The topological polar surface area (TPSA) is 84.2 Å². The van der Waals surface area contributed by atoms with Gasteiger partial charge in [-0.05, 0) is 48.6 Å². The SMILES string of the molecule is Cl.NC(CNC(=O)C(Cc1ccccc1)NC(=O)c1ccc(Cl)cc1)C1CC1. The van der Waals surface area contributed by atoms with Crippen LogP contribution in [0.25, 0.3) is 0 Å². The van der Waals surface area contributed by atoms with Crippen LogP contribution in [0, 0.1) is 5.92 Å². The molecule has 0 aromatic heterocycles. The lowest BCUT2D eigenvalue weighted by Crippen LogP contribution is -2.50. The van der Waals surface area contributed by atoms with Crippen LogP contribution in [0.4, 0.5) is 0 Å². The summed E-state index contributed by atoms with van der Waals surface area (Å²) in [6.45, 7) is 0.422. The van der Waals surface area contributed by atoms with Gasteiger partial charge in [0.2, 0.25) is 5.91 Å². The zero-order chi connectivity index (χ0) is 19.2. The molecule has 2 aromatic rings. The van der Waals surface area contributed by atoms with E-state index in [1.54, 1.807) is 24.3 Å². The van der Waals surface area contributed by atoms with Gasteiger partial charge in [0.25, 0.3) is 5.91 Å². The number of rotatable bonds is 8. The molecular formula is C21H25Cl2N3O2. The zero-order valence-corrected chi connectivity index (χ0v) is 17.0. The quantitative estimate of drug-likeness (QED) is 0.612. The largest absolute Gasteiger partial charge is 0.353 e. The minimum absolute atomic E-state index is 0. The highest BCUT2D eigenvalue weighted by atomic mass is 35.5. The molecule has 1 saturated carbocycles. The van der Waals surface area contributed by atoms with Gasteiger partial charge in [-0.2, -0.15) is 0 Å². The summed E-state index contributed by atoms with van der Waals surface area (Å²) in [4.78, 5) is 25.3. The first kappa shape index (κ1) is 22.2. The van der Waals surface area contributed by atoms with Crippen molar-refractivity contribution in [1.29, 1.82) is 0 Å². The van der Waals surface area contributed by atoms with E-state index in [0.717, 1.165) is 18.4 Å². The molecule has 7 heteroatoms. The lowest BCUT2D eigenvalue weighted by molar-refractivity contribution is -0.123. The van der Waals surface area contributed by atoms with E-state index in [2.05, 4.69) is 10.6 Å². The van der Waals surface area contributed by atoms with Crippen LogP contribution in [-0.4, -0.2) is 30.4 Å². The molecule has 2 amide bonds. The van der Waals surface area contributed by atoms with E-state index in [1.165, 1.54) is 0 Å². The Labute approximate surface area is 176 Å². The van der Waals surface area contributed by atoms with Gasteiger partial charge < -0.3 is 16.4 Å². The van der Waals surface area contributed by atoms with Gasteiger partial charge in [0, 0.05) is 29.6 Å². The predicted octanol–water partition coefficient (Wildman–Crippen LogP) is 2.96. The minimum atomic E-state index is -0.679. The number of benzene rings is 2. The Kier molecular flexibility index (Phi) is 8.30. The second-order valence-corrected chi connectivity index (χ2v) is 7.41. The number of nitrogens with two attached hydrogens (primary N) is 1. The molecule has 2 aromatic carbocycles. The summed E-state index contributed by atoms with van der Waals surface area (Å²) in [5, 5.41) is 6.28. The minimum Gasteiger partial charge on any atom is -0.353 e. The van der Waals surface area contributed by atoms with Gasteiger partial charge in [-0.25, -0.2) is 0 Å². The number of halogens is 2. The Balaban J connectivity index is 0.00000280. The highest BCUT2D eigenvalue weighted by molar-refractivity contribution is 6.30. The molecule has 5 nitrogen and oxygen atoms in total. The maximum absolute atomic E-state index is 12.7. The van der Waals surface area contributed by atoms with Gasteiger partial charge in [-0.3, -0.25) is 9.59 Å². The van der Waals surface area contributed by atoms with Crippen molar-refractivity contribution < 1.29 is 9.59 Å². The van der Waals surface area contributed by atoms with Crippen molar-refractivity contribution in [3.05, 3.63) is 70.7 Å². The molecule has 150 valence electrons. The molecule has 0 saturated heterocycles. The third kappa shape index (κ3) is 6.51. The van der Waals surface area contributed by atoms with Crippen molar-refractivity contribution in [2.75, 3.05) is 6.54 Å². The Hall–Kier alpha value is -2.08. The fourth-order valence-corrected chi connectivity index (χ4v) is 3.06. The van der Waals surface area contributed by atoms with E-state index in [0.29, 0.717) is 29.5 Å². The first-order valence-electron chi connectivity index (χ1n) is 9.16. The van der Waals surface area contributed by atoms with Crippen LogP contribution in [0.1, 0.15) is 28.8 Å². The van der Waals surface area contributed by atoms with Crippen molar-refractivity contribution in [2.45, 2.75) is 31.3 Å². The van der Waals surface area contributed by atoms with Gasteiger partial charge in [0.1, 0.15) is 6.04 Å². The molecule has 0 bridgehead atoms. The van der Waals surface area contributed by atoms with Crippen LogP contribution in [0.15, 0.2) is 54.6 Å². The van der Waals surface area contributed by atoms with Crippen molar-refractivity contribution in [3.8, 4) is 0 Å². The summed E-state index contributed by atoms with van der Waals surface area (Å²) in [5.74, 6) is -0.0342. The third-order valence-corrected chi connectivity index (χ3v) is 5.00. The number of carbonyl (C=O) groups excluding carboxylic acids is 2. The Morgan fingerprint density at radius 3 is 2.32 bits per heavy atom. The van der Waals surface area contributed by atoms with Crippen LogP contribution in [-0.2, 0) is 11.2 Å². The summed E-state index contributed by atoms with van der Waals surface area (Å²) in [6.07, 6.45) is 2.65. The standard InChI is InChI=1S/C21H24ClN3O2.ClH/c22-17-10-8-16(9-11-17)20(26)25-19(12-14-4-2-1-3-5-14)21(27)24-13-18(23)15-6-7-15;/h1-5,8-11,15,18-19H,6-7,12-13,23H2,(H,24,27)(H,25,26);1H.